The maximum Gasteiger partial charge on any atom is 0.316 e. The van der Waals surface area contributed by atoms with Gasteiger partial charge in [0.25, 0.3) is 0 Å². The topological polar surface area (TPSA) is 69.7 Å². The number of methoxy groups -OCH3 is 1. The monoisotopic (exact) mass is 340 g/mol. The molecule has 0 amide bonds. The summed E-state index contributed by atoms with van der Waals surface area (Å²) in [7, 11) is 1.37. The van der Waals surface area contributed by atoms with Gasteiger partial charge < -0.3 is 9.47 Å². The summed E-state index contributed by atoms with van der Waals surface area (Å²) in [5.41, 5.74) is 2.40. The van der Waals surface area contributed by atoms with Crippen molar-refractivity contribution in [1.29, 1.82) is 0 Å². The van der Waals surface area contributed by atoms with Gasteiger partial charge in [-0.3, -0.25) is 14.4 Å². The van der Waals surface area contributed by atoms with Crippen LogP contribution in [0.5, 0.6) is 0 Å². The molecule has 5 heteroatoms. The quantitative estimate of drug-likeness (QED) is 0.580. The number of ether oxygens (including phenoxy) is 2. The Balaban J connectivity index is 1.98. The third-order valence-electron chi connectivity index (χ3n) is 5.78. The van der Waals surface area contributed by atoms with E-state index in [4.69, 9.17) is 9.47 Å². The zero-order valence-corrected chi connectivity index (χ0v) is 14.6. The zero-order chi connectivity index (χ0) is 17.9. The minimum atomic E-state index is -0.792. The lowest BCUT2D eigenvalue weighted by atomic mass is 9.68. The van der Waals surface area contributed by atoms with E-state index < -0.39 is 17.0 Å². The Morgan fingerprint density at radius 1 is 1.28 bits per heavy atom. The second-order valence-corrected chi connectivity index (χ2v) is 7.30. The molecule has 0 radical (unpaired) electrons. The van der Waals surface area contributed by atoms with Gasteiger partial charge in [0.15, 0.2) is 0 Å². The summed E-state index contributed by atoms with van der Waals surface area (Å²) in [6.07, 6.45) is 2.09. The van der Waals surface area contributed by atoms with E-state index in [2.05, 4.69) is 0 Å². The molecule has 130 valence electrons. The minimum absolute atomic E-state index is 0.0732. The molecule has 5 nitrogen and oxygen atoms in total. The molecule has 1 aliphatic heterocycles. The highest BCUT2D eigenvalue weighted by Crippen LogP contribution is 2.45. The van der Waals surface area contributed by atoms with E-state index in [0.29, 0.717) is 41.9 Å². The molecule has 1 heterocycles. The lowest BCUT2D eigenvalue weighted by Gasteiger charge is -2.35. The zero-order valence-electron chi connectivity index (χ0n) is 14.6. The molecule has 0 N–H and O–H groups in total. The molecule has 3 aliphatic rings. The van der Waals surface area contributed by atoms with Crippen molar-refractivity contribution in [3.8, 4) is 0 Å². The van der Waals surface area contributed by atoms with Crippen LogP contribution in [0, 0.1) is 5.92 Å². The van der Waals surface area contributed by atoms with Gasteiger partial charge in [0, 0.05) is 17.0 Å². The van der Waals surface area contributed by atoms with Crippen LogP contribution in [0.2, 0.25) is 0 Å². The van der Waals surface area contributed by atoms with Crippen LogP contribution >= 0.6 is 0 Å². The molecular formula is C20H20O5. The Kier molecular flexibility index (Phi) is 3.39. The minimum Gasteiger partial charge on any atom is -0.492 e. The third-order valence-corrected chi connectivity index (χ3v) is 5.78. The molecule has 1 unspecified atom stereocenters. The number of ketones is 2. The van der Waals surface area contributed by atoms with Crippen molar-refractivity contribution in [2.24, 2.45) is 5.92 Å². The van der Waals surface area contributed by atoms with E-state index >= 15 is 0 Å². The number of benzene rings is 1. The van der Waals surface area contributed by atoms with E-state index in [1.165, 1.54) is 7.11 Å². The Hall–Kier alpha value is -2.43. The maximum absolute atomic E-state index is 12.9. The Bertz CT molecular complexity index is 863. The SMILES string of the molecule is COC(=O)[C@@]1(C)CCCc2c1ccc1c2C(=O)C(=O)C2=C1OCC2C. The molecule has 25 heavy (non-hydrogen) atoms. The molecule has 1 aromatic carbocycles. The molecule has 0 bridgehead atoms. The fourth-order valence-corrected chi connectivity index (χ4v) is 4.44. The van der Waals surface area contributed by atoms with E-state index in [0.717, 1.165) is 17.5 Å². The summed E-state index contributed by atoms with van der Waals surface area (Å²) in [6, 6.07) is 3.71. The van der Waals surface area contributed by atoms with E-state index in [1.807, 2.05) is 26.0 Å². The van der Waals surface area contributed by atoms with Gasteiger partial charge in [0.1, 0.15) is 5.76 Å². The number of hydrogen-bond donors (Lipinski definition) is 0. The Morgan fingerprint density at radius 2 is 2.04 bits per heavy atom. The molecule has 0 fully saturated rings. The fraction of sp³-hybridized carbons (Fsp3) is 0.450. The number of rotatable bonds is 1. The van der Waals surface area contributed by atoms with Gasteiger partial charge in [-0.05, 0) is 37.3 Å². The van der Waals surface area contributed by atoms with Crippen LogP contribution in [0.3, 0.4) is 0 Å². The fourth-order valence-electron chi connectivity index (χ4n) is 4.44. The van der Waals surface area contributed by atoms with Gasteiger partial charge in [0.2, 0.25) is 11.6 Å². The maximum atomic E-state index is 12.9. The van der Waals surface area contributed by atoms with E-state index in [9.17, 15) is 14.4 Å². The van der Waals surface area contributed by atoms with Gasteiger partial charge in [-0.15, -0.1) is 0 Å². The highest BCUT2D eigenvalue weighted by Gasteiger charge is 2.46. The average molecular weight is 340 g/mol. The first-order valence-electron chi connectivity index (χ1n) is 8.61. The Morgan fingerprint density at radius 3 is 2.76 bits per heavy atom. The van der Waals surface area contributed by atoms with Crippen LogP contribution in [0.25, 0.3) is 5.76 Å². The molecule has 0 saturated heterocycles. The number of fused-ring (bicyclic) bond motifs is 4. The normalized spacial score (nSPS) is 27.4. The summed E-state index contributed by atoms with van der Waals surface area (Å²) in [4.78, 5) is 37.9. The smallest absolute Gasteiger partial charge is 0.316 e. The highest BCUT2D eigenvalue weighted by atomic mass is 16.5. The first kappa shape index (κ1) is 16.1. The summed E-state index contributed by atoms with van der Waals surface area (Å²) in [5.74, 6) is -0.784. The number of Topliss-reactive ketones (excluding diaryl/α,β-unsaturated/α-hetero) is 2. The molecule has 2 atom stereocenters. The highest BCUT2D eigenvalue weighted by molar-refractivity contribution is 6.52. The number of esters is 1. The van der Waals surface area contributed by atoms with Crippen LogP contribution in [-0.2, 0) is 30.9 Å². The van der Waals surface area contributed by atoms with E-state index in [1.54, 1.807) is 0 Å². The first-order chi connectivity index (χ1) is 11.9. The van der Waals surface area contributed by atoms with Crippen molar-refractivity contribution in [1.82, 2.24) is 0 Å². The van der Waals surface area contributed by atoms with Crippen LogP contribution < -0.4 is 0 Å². The van der Waals surface area contributed by atoms with Crippen LogP contribution in [0.1, 0.15) is 53.7 Å². The number of carbonyl (C=O) groups excluding carboxylic acids is 3. The van der Waals surface area contributed by atoms with Crippen molar-refractivity contribution in [3.05, 3.63) is 40.0 Å². The van der Waals surface area contributed by atoms with E-state index in [-0.39, 0.29) is 11.9 Å². The molecule has 0 saturated carbocycles. The molecule has 0 spiro atoms. The van der Waals surface area contributed by atoms with Gasteiger partial charge in [0.05, 0.1) is 24.7 Å². The van der Waals surface area contributed by atoms with Gasteiger partial charge in [-0.25, -0.2) is 0 Å². The van der Waals surface area contributed by atoms with Crippen molar-refractivity contribution in [2.45, 2.75) is 38.5 Å². The summed E-state index contributed by atoms with van der Waals surface area (Å²) in [6.45, 7) is 4.16. The Labute approximate surface area is 146 Å². The predicted octanol–water partition coefficient (Wildman–Crippen LogP) is 2.60. The molecule has 1 aromatic rings. The molecular weight excluding hydrogens is 320 g/mol. The van der Waals surface area contributed by atoms with Crippen molar-refractivity contribution in [2.75, 3.05) is 13.7 Å². The average Bonchev–Trinajstić information content (AvgIpc) is 3.00. The summed E-state index contributed by atoms with van der Waals surface area (Å²) >= 11 is 0. The van der Waals surface area contributed by atoms with Crippen molar-refractivity contribution in [3.63, 3.8) is 0 Å². The van der Waals surface area contributed by atoms with Gasteiger partial charge in [-0.1, -0.05) is 19.1 Å². The second-order valence-electron chi connectivity index (χ2n) is 7.30. The van der Waals surface area contributed by atoms with Crippen LogP contribution in [-0.4, -0.2) is 31.3 Å². The summed E-state index contributed by atoms with van der Waals surface area (Å²) < 4.78 is 10.7. The van der Waals surface area contributed by atoms with Gasteiger partial charge in [-0.2, -0.15) is 0 Å². The predicted molar refractivity (Wildman–Crippen MR) is 90.1 cm³/mol. The molecule has 4 rings (SSSR count). The largest absolute Gasteiger partial charge is 0.492 e. The molecule has 0 aromatic heterocycles. The lowest BCUT2D eigenvalue weighted by molar-refractivity contribution is -0.147. The van der Waals surface area contributed by atoms with Crippen LogP contribution in [0.15, 0.2) is 17.7 Å². The standard InChI is InChI=1S/C20H20O5/c1-10-9-25-18-12-6-7-13-11(15(12)17(22)16(21)14(10)18)5-4-8-20(13,2)19(23)24-3/h6-7,10H,4-5,8-9H2,1-3H3/t10?,20-/m0/s1. The number of carbonyl (C=O) groups is 3. The number of hydrogen-bond acceptors (Lipinski definition) is 5. The van der Waals surface area contributed by atoms with Crippen LogP contribution in [0.4, 0.5) is 0 Å². The van der Waals surface area contributed by atoms with Crippen molar-refractivity contribution < 1.29 is 23.9 Å². The van der Waals surface area contributed by atoms with Gasteiger partial charge >= 0.3 is 5.97 Å². The first-order valence-corrected chi connectivity index (χ1v) is 8.61. The summed E-state index contributed by atoms with van der Waals surface area (Å²) in [5, 5.41) is 0. The van der Waals surface area contributed by atoms with Crippen molar-refractivity contribution >= 4 is 23.3 Å². The molecule has 2 aliphatic carbocycles. The third kappa shape index (κ3) is 1.98. The lowest BCUT2D eigenvalue weighted by Crippen LogP contribution is -2.39. The second kappa shape index (κ2) is 5.28.